The molecule has 1 saturated heterocycles. The van der Waals surface area contributed by atoms with Crippen LogP contribution in [0.2, 0.25) is 5.02 Å². The molecule has 5 nitrogen and oxygen atoms in total. The number of rotatable bonds is 5. The zero-order valence-corrected chi connectivity index (χ0v) is 14.7. The van der Waals surface area contributed by atoms with Crippen molar-refractivity contribution in [3.8, 4) is 11.5 Å². The highest BCUT2D eigenvalue weighted by atomic mass is 35.5. The first-order chi connectivity index (χ1) is 11.2. The van der Waals surface area contributed by atoms with E-state index in [-0.39, 0.29) is 6.04 Å². The van der Waals surface area contributed by atoms with Gasteiger partial charge in [0.1, 0.15) is 0 Å². The van der Waals surface area contributed by atoms with E-state index in [2.05, 4.69) is 22.4 Å². The monoisotopic (exact) mass is 337 g/mol. The van der Waals surface area contributed by atoms with E-state index in [0.29, 0.717) is 29.0 Å². The summed E-state index contributed by atoms with van der Waals surface area (Å²) in [6.45, 7) is 7.88. The molecule has 0 radical (unpaired) electrons. The Morgan fingerprint density at radius 3 is 2.91 bits per heavy atom. The van der Waals surface area contributed by atoms with Crippen molar-refractivity contribution in [2.24, 2.45) is 11.0 Å². The Bertz CT molecular complexity index is 606. The van der Waals surface area contributed by atoms with Gasteiger partial charge in [-0.2, -0.15) is 5.10 Å². The van der Waals surface area contributed by atoms with Gasteiger partial charge in [-0.3, -0.25) is 0 Å². The van der Waals surface area contributed by atoms with Crippen molar-refractivity contribution in [2.75, 3.05) is 33.4 Å². The fourth-order valence-electron chi connectivity index (χ4n) is 3.41. The maximum absolute atomic E-state index is 6.42. The molecule has 1 fully saturated rings. The molecule has 3 rings (SSSR count). The molecule has 2 heterocycles. The van der Waals surface area contributed by atoms with Gasteiger partial charge in [0.05, 0.1) is 24.8 Å². The summed E-state index contributed by atoms with van der Waals surface area (Å²) in [4.78, 5) is 2.47. The Morgan fingerprint density at radius 1 is 1.39 bits per heavy atom. The highest BCUT2D eigenvalue weighted by molar-refractivity contribution is 6.32. The third kappa shape index (κ3) is 3.12. The van der Waals surface area contributed by atoms with E-state index in [4.69, 9.17) is 21.1 Å². The molecule has 1 N–H and O–H groups in total. The lowest BCUT2D eigenvalue weighted by molar-refractivity contribution is 0.238. The molecule has 0 saturated carbocycles. The van der Waals surface area contributed by atoms with E-state index in [1.54, 1.807) is 7.11 Å². The molecule has 0 aliphatic carbocycles. The van der Waals surface area contributed by atoms with Crippen LogP contribution in [0.5, 0.6) is 11.5 Å². The van der Waals surface area contributed by atoms with Crippen molar-refractivity contribution in [3.05, 3.63) is 22.7 Å². The van der Waals surface area contributed by atoms with Crippen molar-refractivity contribution in [1.29, 1.82) is 0 Å². The summed E-state index contributed by atoms with van der Waals surface area (Å²) in [5.74, 6) is 1.67. The first-order valence-corrected chi connectivity index (χ1v) is 8.60. The molecular weight excluding hydrogens is 314 g/mol. The molecule has 2 aliphatic heterocycles. The number of likely N-dealkylation sites (tertiary alicyclic amines) is 1. The topological polar surface area (TPSA) is 46.1 Å². The summed E-state index contributed by atoms with van der Waals surface area (Å²) < 4.78 is 11.1. The van der Waals surface area contributed by atoms with Gasteiger partial charge < -0.3 is 19.8 Å². The smallest absolute Gasteiger partial charge is 0.179 e. The Hall–Kier alpha value is -1.46. The van der Waals surface area contributed by atoms with E-state index >= 15 is 0 Å². The first-order valence-electron chi connectivity index (χ1n) is 8.22. The number of fused-ring (bicyclic) bond motifs is 1. The van der Waals surface area contributed by atoms with E-state index in [1.807, 2.05) is 19.1 Å². The second kappa shape index (κ2) is 6.97. The molecule has 0 aromatic heterocycles. The summed E-state index contributed by atoms with van der Waals surface area (Å²) in [5.41, 5.74) is 5.66. The van der Waals surface area contributed by atoms with Crippen LogP contribution in [0.4, 0.5) is 0 Å². The van der Waals surface area contributed by atoms with E-state index in [0.717, 1.165) is 31.6 Å². The minimum atomic E-state index is 0.140. The lowest BCUT2D eigenvalue weighted by atomic mass is 9.86. The summed E-state index contributed by atoms with van der Waals surface area (Å²) in [7, 11) is 1.64. The predicted octanol–water partition coefficient (Wildman–Crippen LogP) is 3.09. The normalized spacial score (nSPS) is 23.9. The average Bonchev–Trinajstić information content (AvgIpc) is 2.99. The summed E-state index contributed by atoms with van der Waals surface area (Å²) in [5, 5.41) is 5.14. The van der Waals surface area contributed by atoms with Crippen molar-refractivity contribution in [2.45, 2.75) is 26.3 Å². The van der Waals surface area contributed by atoms with E-state index in [9.17, 15) is 0 Å². The first kappa shape index (κ1) is 16.4. The Labute approximate surface area is 142 Å². The minimum Gasteiger partial charge on any atom is -0.493 e. The van der Waals surface area contributed by atoms with Crippen LogP contribution in [-0.4, -0.2) is 44.0 Å². The van der Waals surface area contributed by atoms with Crippen LogP contribution in [0.25, 0.3) is 0 Å². The van der Waals surface area contributed by atoms with Crippen LogP contribution in [0.15, 0.2) is 17.2 Å². The van der Waals surface area contributed by atoms with Gasteiger partial charge in [0.15, 0.2) is 11.5 Å². The van der Waals surface area contributed by atoms with Gasteiger partial charge in [-0.1, -0.05) is 18.5 Å². The third-order valence-corrected chi connectivity index (χ3v) is 4.94. The number of nitrogens with one attached hydrogen (secondary N) is 1. The number of piperidine rings is 1. The summed E-state index contributed by atoms with van der Waals surface area (Å²) in [6, 6.07) is 4.12. The van der Waals surface area contributed by atoms with Gasteiger partial charge in [-0.15, -0.1) is 0 Å². The molecule has 1 aromatic rings. The zero-order chi connectivity index (χ0) is 16.4. The number of hydrogen-bond acceptors (Lipinski definition) is 5. The van der Waals surface area contributed by atoms with Crippen LogP contribution < -0.4 is 14.9 Å². The van der Waals surface area contributed by atoms with Crippen molar-refractivity contribution in [1.82, 2.24) is 10.3 Å². The number of methoxy groups -OCH3 is 1. The average molecular weight is 338 g/mol. The van der Waals surface area contributed by atoms with Crippen LogP contribution in [0.3, 0.4) is 0 Å². The second-order valence-corrected chi connectivity index (χ2v) is 6.33. The third-order valence-electron chi connectivity index (χ3n) is 4.66. The van der Waals surface area contributed by atoms with E-state index < -0.39 is 0 Å². The minimum absolute atomic E-state index is 0.140. The lowest BCUT2D eigenvalue weighted by Gasteiger charge is -2.33. The maximum Gasteiger partial charge on any atom is 0.179 e. The molecule has 0 amide bonds. The molecule has 23 heavy (non-hydrogen) atoms. The SMILES string of the molecule is CCOc1c(Cl)cc(C2NN=C3CCN(CC)CC32)cc1OC. The van der Waals surface area contributed by atoms with Gasteiger partial charge in [0, 0.05) is 31.1 Å². The number of ether oxygens (including phenoxy) is 2. The van der Waals surface area contributed by atoms with Crippen molar-refractivity contribution in [3.63, 3.8) is 0 Å². The van der Waals surface area contributed by atoms with E-state index in [1.165, 1.54) is 5.71 Å². The Morgan fingerprint density at radius 2 is 2.22 bits per heavy atom. The second-order valence-electron chi connectivity index (χ2n) is 5.93. The molecule has 126 valence electrons. The molecule has 2 aliphatic rings. The largest absolute Gasteiger partial charge is 0.493 e. The van der Waals surface area contributed by atoms with Gasteiger partial charge in [0.2, 0.25) is 0 Å². The standard InChI is InChI=1S/C17H24ClN3O2/c1-4-21-7-6-14-12(10-21)16(20-19-14)11-8-13(18)17(23-5-2)15(9-11)22-3/h8-9,12,16,20H,4-7,10H2,1-3H3. The van der Waals surface area contributed by atoms with Crippen LogP contribution in [0, 0.1) is 5.92 Å². The zero-order valence-electron chi connectivity index (χ0n) is 13.9. The highest BCUT2D eigenvalue weighted by Gasteiger charge is 2.37. The Balaban J connectivity index is 1.88. The van der Waals surface area contributed by atoms with Gasteiger partial charge >= 0.3 is 0 Å². The molecule has 2 unspecified atom stereocenters. The number of nitrogens with zero attached hydrogens (tertiary/aromatic N) is 2. The van der Waals surface area contributed by atoms with Crippen LogP contribution in [0.1, 0.15) is 31.9 Å². The number of halogens is 1. The summed E-state index contributed by atoms with van der Waals surface area (Å²) >= 11 is 6.42. The van der Waals surface area contributed by atoms with Gasteiger partial charge in [-0.05, 0) is 31.2 Å². The fraction of sp³-hybridized carbons (Fsp3) is 0.588. The number of hydrogen-bond donors (Lipinski definition) is 1. The maximum atomic E-state index is 6.42. The van der Waals surface area contributed by atoms with Gasteiger partial charge in [-0.25, -0.2) is 0 Å². The van der Waals surface area contributed by atoms with Crippen molar-refractivity contribution < 1.29 is 9.47 Å². The van der Waals surface area contributed by atoms with Crippen LogP contribution >= 0.6 is 11.6 Å². The van der Waals surface area contributed by atoms with Gasteiger partial charge in [0.25, 0.3) is 0 Å². The molecule has 0 bridgehead atoms. The molecule has 2 atom stereocenters. The fourth-order valence-corrected chi connectivity index (χ4v) is 3.68. The number of benzene rings is 1. The van der Waals surface area contributed by atoms with Crippen LogP contribution in [-0.2, 0) is 0 Å². The molecule has 6 heteroatoms. The number of hydrazone groups is 1. The predicted molar refractivity (Wildman–Crippen MR) is 92.7 cm³/mol. The molecule has 1 aromatic carbocycles. The highest BCUT2D eigenvalue weighted by Crippen LogP contribution is 2.41. The lowest BCUT2D eigenvalue weighted by Crippen LogP contribution is -2.41. The molecule has 0 spiro atoms. The van der Waals surface area contributed by atoms with Crippen molar-refractivity contribution >= 4 is 17.3 Å². The Kier molecular flexibility index (Phi) is 4.97. The quantitative estimate of drug-likeness (QED) is 0.897. The summed E-state index contributed by atoms with van der Waals surface area (Å²) in [6.07, 6.45) is 1.03. The molecular formula is C17H24ClN3O2.